The van der Waals surface area contributed by atoms with Gasteiger partial charge in [-0.1, -0.05) is 20.3 Å². The molecule has 1 aliphatic rings. The average Bonchev–Trinajstić information content (AvgIpc) is 2.33. The van der Waals surface area contributed by atoms with Crippen molar-refractivity contribution >= 4 is 5.78 Å². The number of likely N-dealkylation sites (tertiary alicyclic amines) is 1. The molecule has 0 saturated carbocycles. The molecule has 0 aromatic carbocycles. The van der Waals surface area contributed by atoms with Crippen molar-refractivity contribution in [2.24, 2.45) is 5.41 Å². The smallest absolute Gasteiger partial charge is 0.159 e. The van der Waals surface area contributed by atoms with Crippen LogP contribution in [-0.4, -0.2) is 41.9 Å². The molecule has 1 heterocycles. The van der Waals surface area contributed by atoms with Crippen molar-refractivity contribution in [3.8, 4) is 0 Å². The Kier molecular flexibility index (Phi) is 5.19. The lowest BCUT2D eigenvalue weighted by molar-refractivity contribution is -0.134. The van der Waals surface area contributed by atoms with Crippen LogP contribution < -0.4 is 5.32 Å². The Morgan fingerprint density at radius 2 is 1.63 bits per heavy atom. The number of piperidine rings is 1. The van der Waals surface area contributed by atoms with Gasteiger partial charge in [0.2, 0.25) is 0 Å². The minimum absolute atomic E-state index is 0.299. The number of ketones is 1. The lowest BCUT2D eigenvalue weighted by Gasteiger charge is -2.44. The standard InChI is InChI=1S/C16H32N2O/c1-12-9-8-10-13(2)18(12)11-15(3,4)14(19)16(5,6)17-7/h12-13,17H,8-11H2,1-7H3. The Bertz CT molecular complexity index is 313. The summed E-state index contributed by atoms with van der Waals surface area (Å²) in [6.45, 7) is 13.6. The van der Waals surface area contributed by atoms with Crippen LogP contribution in [0.5, 0.6) is 0 Å². The summed E-state index contributed by atoms with van der Waals surface area (Å²) in [6, 6.07) is 1.18. The van der Waals surface area contributed by atoms with Crippen LogP contribution in [-0.2, 0) is 4.79 Å². The van der Waals surface area contributed by atoms with Crippen molar-refractivity contribution in [1.29, 1.82) is 0 Å². The zero-order chi connectivity index (χ0) is 14.8. The van der Waals surface area contributed by atoms with Gasteiger partial charge in [0, 0.05) is 24.0 Å². The largest absolute Gasteiger partial charge is 0.308 e. The lowest BCUT2D eigenvalue weighted by atomic mass is 9.77. The molecule has 3 nitrogen and oxygen atoms in total. The SMILES string of the molecule is CNC(C)(C)C(=O)C(C)(C)CN1C(C)CCCC1C. The number of hydrogen-bond donors (Lipinski definition) is 1. The van der Waals surface area contributed by atoms with Gasteiger partial charge in [0.05, 0.1) is 5.54 Å². The molecule has 0 spiro atoms. The van der Waals surface area contributed by atoms with Crippen molar-refractivity contribution in [2.75, 3.05) is 13.6 Å². The maximum atomic E-state index is 12.7. The molecule has 1 N–H and O–H groups in total. The van der Waals surface area contributed by atoms with E-state index in [9.17, 15) is 4.79 Å². The number of rotatable bonds is 5. The summed E-state index contributed by atoms with van der Waals surface area (Å²) in [7, 11) is 1.86. The number of nitrogens with zero attached hydrogens (tertiary/aromatic N) is 1. The summed E-state index contributed by atoms with van der Waals surface area (Å²) in [6.07, 6.45) is 3.82. The molecule has 3 heteroatoms. The van der Waals surface area contributed by atoms with Crippen molar-refractivity contribution in [1.82, 2.24) is 10.2 Å². The van der Waals surface area contributed by atoms with Gasteiger partial charge in [0.15, 0.2) is 5.78 Å². The Labute approximate surface area is 119 Å². The number of nitrogens with one attached hydrogen (secondary N) is 1. The minimum Gasteiger partial charge on any atom is -0.308 e. The minimum atomic E-state index is -0.453. The topological polar surface area (TPSA) is 32.3 Å². The van der Waals surface area contributed by atoms with Gasteiger partial charge in [-0.05, 0) is 47.6 Å². The highest BCUT2D eigenvalue weighted by Gasteiger charge is 2.41. The van der Waals surface area contributed by atoms with Crippen LogP contribution in [0.25, 0.3) is 0 Å². The second kappa shape index (κ2) is 5.92. The maximum absolute atomic E-state index is 12.7. The number of likely N-dealkylation sites (N-methyl/N-ethyl adjacent to an activating group) is 1. The van der Waals surface area contributed by atoms with Crippen LogP contribution in [0.2, 0.25) is 0 Å². The number of Topliss-reactive ketones (excluding diaryl/α,β-unsaturated/α-hetero) is 1. The van der Waals surface area contributed by atoms with Crippen molar-refractivity contribution in [2.45, 2.75) is 78.4 Å². The Morgan fingerprint density at radius 1 is 1.16 bits per heavy atom. The van der Waals surface area contributed by atoms with E-state index in [1.54, 1.807) is 0 Å². The predicted molar refractivity (Wildman–Crippen MR) is 81.4 cm³/mol. The van der Waals surface area contributed by atoms with Gasteiger partial charge >= 0.3 is 0 Å². The molecule has 2 atom stereocenters. The van der Waals surface area contributed by atoms with E-state index < -0.39 is 5.54 Å². The van der Waals surface area contributed by atoms with Gasteiger partial charge in [0.1, 0.15) is 0 Å². The summed E-state index contributed by atoms with van der Waals surface area (Å²) < 4.78 is 0. The third kappa shape index (κ3) is 3.79. The van der Waals surface area contributed by atoms with E-state index in [4.69, 9.17) is 0 Å². The number of carbonyl (C=O) groups excluding carboxylic acids is 1. The zero-order valence-electron chi connectivity index (χ0n) is 13.8. The van der Waals surface area contributed by atoms with E-state index in [-0.39, 0.29) is 5.41 Å². The quantitative estimate of drug-likeness (QED) is 0.832. The highest BCUT2D eigenvalue weighted by atomic mass is 16.1. The highest BCUT2D eigenvalue weighted by Crippen LogP contribution is 2.30. The van der Waals surface area contributed by atoms with Crippen LogP contribution in [0, 0.1) is 5.41 Å². The Morgan fingerprint density at radius 3 is 2.05 bits per heavy atom. The van der Waals surface area contributed by atoms with E-state index in [1.165, 1.54) is 19.3 Å². The summed E-state index contributed by atoms with van der Waals surface area (Å²) in [5.41, 5.74) is -0.766. The van der Waals surface area contributed by atoms with Crippen LogP contribution >= 0.6 is 0 Å². The average molecular weight is 268 g/mol. The molecule has 0 aromatic heterocycles. The summed E-state index contributed by atoms with van der Waals surface area (Å²) in [4.78, 5) is 15.2. The van der Waals surface area contributed by atoms with E-state index in [0.717, 1.165) is 6.54 Å². The van der Waals surface area contributed by atoms with E-state index >= 15 is 0 Å². The molecule has 0 bridgehead atoms. The van der Waals surface area contributed by atoms with Gasteiger partial charge in [0.25, 0.3) is 0 Å². The second-order valence-electron chi connectivity index (χ2n) is 7.39. The fourth-order valence-corrected chi connectivity index (χ4v) is 3.27. The first-order chi connectivity index (χ1) is 8.62. The maximum Gasteiger partial charge on any atom is 0.159 e. The third-order valence-corrected chi connectivity index (χ3v) is 4.76. The molecule has 2 unspecified atom stereocenters. The molecule has 0 aliphatic carbocycles. The summed E-state index contributed by atoms with van der Waals surface area (Å²) in [5.74, 6) is 0.299. The second-order valence-corrected chi connectivity index (χ2v) is 7.39. The summed E-state index contributed by atoms with van der Waals surface area (Å²) >= 11 is 0. The zero-order valence-corrected chi connectivity index (χ0v) is 13.8. The molecule has 0 aromatic rings. The van der Waals surface area contributed by atoms with Gasteiger partial charge < -0.3 is 5.32 Å². The third-order valence-electron chi connectivity index (χ3n) is 4.76. The van der Waals surface area contributed by atoms with Crippen molar-refractivity contribution < 1.29 is 4.79 Å². The monoisotopic (exact) mass is 268 g/mol. The van der Waals surface area contributed by atoms with Crippen LogP contribution in [0.4, 0.5) is 0 Å². The van der Waals surface area contributed by atoms with Crippen molar-refractivity contribution in [3.05, 3.63) is 0 Å². The van der Waals surface area contributed by atoms with Crippen LogP contribution in [0.1, 0.15) is 60.8 Å². The first kappa shape index (κ1) is 16.6. The molecule has 1 rings (SSSR count). The molecule has 0 radical (unpaired) electrons. The Hall–Kier alpha value is -0.410. The van der Waals surface area contributed by atoms with Crippen molar-refractivity contribution in [3.63, 3.8) is 0 Å². The van der Waals surface area contributed by atoms with Crippen LogP contribution in [0.3, 0.4) is 0 Å². The van der Waals surface area contributed by atoms with Gasteiger partial charge in [-0.15, -0.1) is 0 Å². The fourth-order valence-electron chi connectivity index (χ4n) is 3.27. The molecular formula is C16H32N2O. The first-order valence-electron chi connectivity index (χ1n) is 7.61. The number of hydrogen-bond acceptors (Lipinski definition) is 3. The fraction of sp³-hybridized carbons (Fsp3) is 0.938. The Balaban J connectivity index is 2.80. The molecule has 1 fully saturated rings. The lowest BCUT2D eigenvalue weighted by Crippen LogP contribution is -2.56. The molecule has 112 valence electrons. The molecule has 0 amide bonds. The van der Waals surface area contributed by atoms with Gasteiger partial charge in [-0.2, -0.15) is 0 Å². The highest BCUT2D eigenvalue weighted by molar-refractivity contribution is 5.92. The summed E-state index contributed by atoms with van der Waals surface area (Å²) in [5, 5.41) is 3.14. The molecule has 1 aliphatic heterocycles. The molecule has 1 saturated heterocycles. The first-order valence-corrected chi connectivity index (χ1v) is 7.61. The van der Waals surface area contributed by atoms with Gasteiger partial charge in [-0.3, -0.25) is 9.69 Å². The molecule has 19 heavy (non-hydrogen) atoms. The molecular weight excluding hydrogens is 236 g/mol. The number of carbonyl (C=O) groups is 1. The van der Waals surface area contributed by atoms with Crippen LogP contribution in [0.15, 0.2) is 0 Å². The van der Waals surface area contributed by atoms with E-state index in [2.05, 4.69) is 37.9 Å². The van der Waals surface area contributed by atoms with E-state index in [1.807, 2.05) is 20.9 Å². The van der Waals surface area contributed by atoms with Gasteiger partial charge in [-0.25, -0.2) is 0 Å². The predicted octanol–water partition coefficient (Wildman–Crippen LogP) is 2.84. The van der Waals surface area contributed by atoms with E-state index in [0.29, 0.717) is 17.9 Å². The normalized spacial score (nSPS) is 26.5.